The highest BCUT2D eigenvalue weighted by Gasteiger charge is 2.40. The SMILES string of the molecule is CCOc1ccccc1N1C(=O)C(Cl)=C(Nc2ccc(C(=O)Oc3ccc(OCc4ccccc4)cc3)cc2)C1=O. The molecule has 0 radical (unpaired) electrons. The molecule has 0 atom stereocenters. The number of benzene rings is 4. The van der Waals surface area contributed by atoms with Gasteiger partial charge in [-0.3, -0.25) is 9.59 Å². The fourth-order valence-corrected chi connectivity index (χ4v) is 4.31. The third kappa shape index (κ3) is 6.23. The van der Waals surface area contributed by atoms with Gasteiger partial charge in [0.1, 0.15) is 34.6 Å². The van der Waals surface area contributed by atoms with Gasteiger partial charge in [-0.1, -0.05) is 54.1 Å². The first-order chi connectivity index (χ1) is 19.9. The van der Waals surface area contributed by atoms with Gasteiger partial charge in [0.05, 0.1) is 17.9 Å². The average molecular weight is 569 g/mol. The van der Waals surface area contributed by atoms with Crippen LogP contribution >= 0.6 is 11.6 Å². The minimum Gasteiger partial charge on any atom is -0.492 e. The van der Waals surface area contributed by atoms with Crippen LogP contribution < -0.4 is 24.4 Å². The Balaban J connectivity index is 1.20. The summed E-state index contributed by atoms with van der Waals surface area (Å²) in [6.45, 7) is 2.60. The van der Waals surface area contributed by atoms with Crippen LogP contribution in [0.4, 0.5) is 11.4 Å². The van der Waals surface area contributed by atoms with Crippen LogP contribution in [0.3, 0.4) is 0 Å². The van der Waals surface area contributed by atoms with E-state index in [9.17, 15) is 14.4 Å². The first-order valence-electron chi connectivity index (χ1n) is 12.8. The fourth-order valence-electron chi connectivity index (χ4n) is 4.09. The van der Waals surface area contributed by atoms with Crippen LogP contribution in [0.25, 0.3) is 0 Å². The molecule has 5 rings (SSSR count). The van der Waals surface area contributed by atoms with E-state index >= 15 is 0 Å². The third-order valence-electron chi connectivity index (χ3n) is 6.11. The molecule has 1 aliphatic heterocycles. The summed E-state index contributed by atoms with van der Waals surface area (Å²) in [6, 6.07) is 29.5. The number of esters is 1. The van der Waals surface area contributed by atoms with Crippen molar-refractivity contribution in [1.82, 2.24) is 0 Å². The van der Waals surface area contributed by atoms with Gasteiger partial charge >= 0.3 is 5.97 Å². The normalized spacial score (nSPS) is 12.9. The van der Waals surface area contributed by atoms with Crippen LogP contribution in [0.1, 0.15) is 22.8 Å². The number of nitrogens with one attached hydrogen (secondary N) is 1. The lowest BCUT2D eigenvalue weighted by molar-refractivity contribution is -0.120. The van der Waals surface area contributed by atoms with Crippen molar-refractivity contribution in [1.29, 1.82) is 0 Å². The van der Waals surface area contributed by atoms with Gasteiger partial charge in [-0.15, -0.1) is 0 Å². The van der Waals surface area contributed by atoms with Crippen molar-refractivity contribution < 1.29 is 28.6 Å². The Hall–Kier alpha value is -5.08. The maximum absolute atomic E-state index is 13.2. The number of amides is 2. The number of nitrogens with zero attached hydrogens (tertiary/aromatic N) is 1. The van der Waals surface area contributed by atoms with Crippen LogP contribution in [0.2, 0.25) is 0 Å². The van der Waals surface area contributed by atoms with Gasteiger partial charge in [0.2, 0.25) is 0 Å². The number of anilines is 2. The first kappa shape index (κ1) is 27.5. The molecule has 0 fully saturated rings. The molecule has 1 heterocycles. The topological polar surface area (TPSA) is 94.2 Å². The van der Waals surface area contributed by atoms with Crippen molar-refractivity contribution in [3.8, 4) is 17.2 Å². The monoisotopic (exact) mass is 568 g/mol. The number of halogens is 1. The maximum atomic E-state index is 13.2. The summed E-state index contributed by atoms with van der Waals surface area (Å²) in [6.07, 6.45) is 0. The minimum absolute atomic E-state index is 0.0760. The summed E-state index contributed by atoms with van der Waals surface area (Å²) in [5.41, 5.74) is 2.02. The molecule has 4 aromatic carbocycles. The maximum Gasteiger partial charge on any atom is 0.343 e. The molecule has 0 spiro atoms. The van der Waals surface area contributed by atoms with E-state index in [4.69, 9.17) is 25.8 Å². The zero-order chi connectivity index (χ0) is 28.8. The lowest BCUT2D eigenvalue weighted by atomic mass is 10.2. The lowest BCUT2D eigenvalue weighted by Crippen LogP contribution is -2.32. The van der Waals surface area contributed by atoms with Gasteiger partial charge in [-0.25, -0.2) is 9.69 Å². The molecule has 0 bridgehead atoms. The second kappa shape index (κ2) is 12.4. The van der Waals surface area contributed by atoms with Gasteiger partial charge in [-0.2, -0.15) is 0 Å². The molecule has 9 heteroatoms. The summed E-state index contributed by atoms with van der Waals surface area (Å²) in [5.74, 6) is -0.437. The molecular formula is C32H25ClN2O6. The van der Waals surface area contributed by atoms with E-state index < -0.39 is 17.8 Å². The van der Waals surface area contributed by atoms with E-state index in [2.05, 4.69) is 5.32 Å². The molecule has 41 heavy (non-hydrogen) atoms. The van der Waals surface area contributed by atoms with Crippen LogP contribution in [0, 0.1) is 0 Å². The Bertz CT molecular complexity index is 1600. The second-order valence-corrected chi connectivity index (χ2v) is 9.25. The molecule has 0 aliphatic carbocycles. The molecule has 1 aliphatic rings. The zero-order valence-corrected chi connectivity index (χ0v) is 22.8. The summed E-state index contributed by atoms with van der Waals surface area (Å²) in [4.78, 5) is 39.7. The highest BCUT2D eigenvalue weighted by Crippen LogP contribution is 2.35. The van der Waals surface area contributed by atoms with Crippen molar-refractivity contribution in [3.63, 3.8) is 0 Å². The molecule has 8 nitrogen and oxygen atoms in total. The Morgan fingerprint density at radius 1 is 0.780 bits per heavy atom. The van der Waals surface area contributed by atoms with E-state index in [1.165, 1.54) is 0 Å². The van der Waals surface area contributed by atoms with E-state index in [0.717, 1.165) is 10.5 Å². The Kier molecular flexibility index (Phi) is 8.31. The first-order valence-corrected chi connectivity index (χ1v) is 13.2. The molecule has 0 saturated carbocycles. The van der Waals surface area contributed by atoms with Crippen LogP contribution in [0.5, 0.6) is 17.2 Å². The Labute approximate surface area is 241 Å². The van der Waals surface area contributed by atoms with E-state index in [0.29, 0.717) is 47.4 Å². The molecular weight excluding hydrogens is 544 g/mol. The summed E-state index contributed by atoms with van der Waals surface area (Å²) in [7, 11) is 0. The summed E-state index contributed by atoms with van der Waals surface area (Å²) < 4.78 is 16.8. The average Bonchev–Trinajstić information content (AvgIpc) is 3.21. The fraction of sp³-hybridized carbons (Fsp3) is 0.0938. The quantitative estimate of drug-likeness (QED) is 0.136. The number of hydrogen-bond donors (Lipinski definition) is 1. The van der Waals surface area contributed by atoms with Crippen molar-refractivity contribution in [2.75, 3.05) is 16.8 Å². The van der Waals surface area contributed by atoms with E-state index in [1.807, 2.05) is 30.3 Å². The molecule has 0 saturated heterocycles. The molecule has 2 amide bonds. The van der Waals surface area contributed by atoms with Gasteiger partial charge in [0, 0.05) is 5.69 Å². The predicted octanol–water partition coefficient (Wildman–Crippen LogP) is 6.32. The number of rotatable bonds is 10. The number of hydrogen-bond acceptors (Lipinski definition) is 7. The Morgan fingerprint density at radius 3 is 2.15 bits per heavy atom. The predicted molar refractivity (Wildman–Crippen MR) is 155 cm³/mol. The second-order valence-electron chi connectivity index (χ2n) is 8.87. The zero-order valence-electron chi connectivity index (χ0n) is 22.0. The number of para-hydroxylation sites is 2. The van der Waals surface area contributed by atoms with Crippen molar-refractivity contribution >= 4 is 40.8 Å². The highest BCUT2D eigenvalue weighted by molar-refractivity contribution is 6.53. The minimum atomic E-state index is -0.664. The largest absolute Gasteiger partial charge is 0.492 e. The number of carbonyl (C=O) groups is 3. The van der Waals surface area contributed by atoms with Crippen molar-refractivity contribution in [2.24, 2.45) is 0 Å². The van der Waals surface area contributed by atoms with Crippen LogP contribution in [-0.4, -0.2) is 24.4 Å². The van der Waals surface area contributed by atoms with Gasteiger partial charge in [-0.05, 0) is 73.2 Å². The highest BCUT2D eigenvalue weighted by atomic mass is 35.5. The van der Waals surface area contributed by atoms with E-state index in [-0.39, 0.29) is 10.7 Å². The summed E-state index contributed by atoms with van der Waals surface area (Å²) in [5, 5.41) is 2.65. The van der Waals surface area contributed by atoms with Crippen LogP contribution in [0.15, 0.2) is 114 Å². The Morgan fingerprint density at radius 2 is 1.44 bits per heavy atom. The number of carbonyl (C=O) groups excluding carboxylic acids is 3. The molecule has 0 aromatic heterocycles. The molecule has 206 valence electrons. The summed E-state index contributed by atoms with van der Waals surface area (Å²) >= 11 is 6.26. The van der Waals surface area contributed by atoms with Crippen LogP contribution in [-0.2, 0) is 16.2 Å². The molecule has 4 aromatic rings. The van der Waals surface area contributed by atoms with Gasteiger partial charge < -0.3 is 19.5 Å². The lowest BCUT2D eigenvalue weighted by Gasteiger charge is -2.18. The molecule has 0 unspecified atom stereocenters. The number of imide groups is 1. The number of ether oxygens (including phenoxy) is 3. The van der Waals surface area contributed by atoms with E-state index in [1.54, 1.807) is 79.7 Å². The van der Waals surface area contributed by atoms with Gasteiger partial charge in [0.15, 0.2) is 0 Å². The smallest absolute Gasteiger partial charge is 0.343 e. The van der Waals surface area contributed by atoms with Crippen molar-refractivity contribution in [3.05, 3.63) is 125 Å². The standard InChI is InChI=1S/C32H25ClN2O6/c1-2-39-27-11-7-6-10-26(27)35-30(36)28(33)29(31(35)37)34-23-14-12-22(13-15-23)32(38)41-25-18-16-24(17-19-25)40-20-21-8-4-3-5-9-21/h3-19,34H,2,20H2,1H3. The van der Waals surface area contributed by atoms with Crippen molar-refractivity contribution in [2.45, 2.75) is 13.5 Å². The third-order valence-corrected chi connectivity index (χ3v) is 6.46. The molecule has 1 N–H and O–H groups in total. The van der Waals surface area contributed by atoms with Gasteiger partial charge in [0.25, 0.3) is 11.8 Å².